The van der Waals surface area contributed by atoms with Gasteiger partial charge in [-0.3, -0.25) is 0 Å². The molecule has 1 aromatic heterocycles. The summed E-state index contributed by atoms with van der Waals surface area (Å²) in [6.07, 6.45) is 2.70. The fourth-order valence-electron chi connectivity index (χ4n) is 4.43. The van der Waals surface area contributed by atoms with Crippen LogP contribution in [0.25, 0.3) is 11.1 Å². The average Bonchev–Trinajstić information content (AvgIpc) is 3.37. The Bertz CT molecular complexity index is 1230. The fourth-order valence-corrected chi connectivity index (χ4v) is 6.00. The lowest BCUT2D eigenvalue weighted by Crippen LogP contribution is -2.39. The highest BCUT2D eigenvalue weighted by molar-refractivity contribution is 7.89. The van der Waals surface area contributed by atoms with Crippen LogP contribution in [0.15, 0.2) is 60.0 Å². The summed E-state index contributed by atoms with van der Waals surface area (Å²) in [7, 11) is -3.74. The molecule has 1 fully saturated rings. The molecule has 1 aliphatic rings. The van der Waals surface area contributed by atoms with Gasteiger partial charge in [0.15, 0.2) is 6.61 Å². The van der Waals surface area contributed by atoms with Crippen LogP contribution < -0.4 is 9.46 Å². The van der Waals surface area contributed by atoms with Gasteiger partial charge in [0.2, 0.25) is 10.0 Å². The molecule has 1 heterocycles. The smallest absolute Gasteiger partial charge is 0.422 e. The van der Waals surface area contributed by atoms with E-state index in [2.05, 4.69) is 14.9 Å². The number of sulfonamides is 1. The lowest BCUT2D eigenvalue weighted by Gasteiger charge is -2.30. The van der Waals surface area contributed by atoms with Gasteiger partial charge in [0.1, 0.15) is 18.4 Å². The second-order valence-electron chi connectivity index (χ2n) is 8.65. The van der Waals surface area contributed by atoms with Crippen LogP contribution in [0.5, 0.6) is 5.75 Å². The van der Waals surface area contributed by atoms with Gasteiger partial charge >= 0.3 is 6.18 Å². The summed E-state index contributed by atoms with van der Waals surface area (Å²) >= 11 is 0. The highest BCUT2D eigenvalue weighted by atomic mass is 32.2. The number of hydrogen-bond acceptors (Lipinski definition) is 5. The van der Waals surface area contributed by atoms with E-state index in [0.29, 0.717) is 18.4 Å². The van der Waals surface area contributed by atoms with E-state index < -0.39 is 22.8 Å². The molecule has 1 saturated carbocycles. The first-order chi connectivity index (χ1) is 16.6. The van der Waals surface area contributed by atoms with Crippen LogP contribution in [-0.4, -0.2) is 42.0 Å². The van der Waals surface area contributed by atoms with E-state index >= 15 is 0 Å². The van der Waals surface area contributed by atoms with Crippen molar-refractivity contribution in [3.8, 4) is 16.9 Å². The van der Waals surface area contributed by atoms with Gasteiger partial charge in [-0.2, -0.15) is 13.2 Å². The summed E-state index contributed by atoms with van der Waals surface area (Å²) in [5, 5.41) is 7.69. The number of nitrogens with one attached hydrogen (secondary N) is 1. The van der Waals surface area contributed by atoms with Crippen molar-refractivity contribution < 1.29 is 26.3 Å². The zero-order valence-electron chi connectivity index (χ0n) is 19.2. The molecule has 0 bridgehead atoms. The first-order valence-electron chi connectivity index (χ1n) is 11.4. The van der Waals surface area contributed by atoms with Crippen LogP contribution in [0.3, 0.4) is 0 Å². The van der Waals surface area contributed by atoms with Crippen molar-refractivity contribution in [1.82, 2.24) is 19.5 Å². The third-order valence-electron chi connectivity index (χ3n) is 6.15. The summed E-state index contributed by atoms with van der Waals surface area (Å²) in [6, 6.07) is 11.3. The maximum absolute atomic E-state index is 13.3. The molecule has 0 spiro atoms. The van der Waals surface area contributed by atoms with E-state index in [4.69, 9.17) is 4.74 Å². The highest BCUT2D eigenvalue weighted by Crippen LogP contribution is 2.31. The molecule has 0 amide bonds. The molecular weight excluding hydrogens is 481 g/mol. The van der Waals surface area contributed by atoms with Crippen LogP contribution in [0.2, 0.25) is 0 Å². The van der Waals surface area contributed by atoms with Crippen LogP contribution in [0.4, 0.5) is 13.2 Å². The number of ether oxygens (including phenoxy) is 1. The molecule has 0 radical (unpaired) electrons. The Morgan fingerprint density at radius 3 is 2.40 bits per heavy atom. The lowest BCUT2D eigenvalue weighted by atomic mass is 9.91. The Morgan fingerprint density at radius 2 is 1.74 bits per heavy atom. The summed E-state index contributed by atoms with van der Waals surface area (Å²) in [5.41, 5.74) is 2.19. The fraction of sp³-hybridized carbons (Fsp3) is 0.417. The van der Waals surface area contributed by atoms with Gasteiger partial charge in [-0.15, -0.1) is 10.2 Å². The van der Waals surface area contributed by atoms with Crippen molar-refractivity contribution in [1.29, 1.82) is 0 Å². The van der Waals surface area contributed by atoms with E-state index in [0.717, 1.165) is 30.4 Å². The summed E-state index contributed by atoms with van der Waals surface area (Å²) in [5.74, 6) is 0.113. The lowest BCUT2D eigenvalue weighted by molar-refractivity contribution is -0.153. The minimum absolute atomic E-state index is 0.113. The van der Waals surface area contributed by atoms with Crippen LogP contribution >= 0.6 is 0 Å². The molecule has 1 aliphatic carbocycles. The third-order valence-corrected chi connectivity index (χ3v) is 7.77. The van der Waals surface area contributed by atoms with Gasteiger partial charge in [-0.1, -0.05) is 25.1 Å². The molecule has 0 saturated heterocycles. The first-order valence-corrected chi connectivity index (χ1v) is 12.9. The average molecular weight is 509 g/mol. The van der Waals surface area contributed by atoms with Gasteiger partial charge in [-0.25, -0.2) is 13.1 Å². The second-order valence-corrected chi connectivity index (χ2v) is 10.3. The number of halogens is 3. The minimum Gasteiger partial charge on any atom is -0.484 e. The van der Waals surface area contributed by atoms with E-state index in [1.54, 1.807) is 43.0 Å². The molecule has 1 N–H and O–H groups in total. The van der Waals surface area contributed by atoms with Gasteiger partial charge in [0.05, 0.1) is 4.90 Å². The van der Waals surface area contributed by atoms with Crippen LogP contribution in [-0.2, 0) is 16.4 Å². The predicted molar refractivity (Wildman–Crippen MR) is 124 cm³/mol. The van der Waals surface area contributed by atoms with Gasteiger partial charge in [0.25, 0.3) is 0 Å². The summed E-state index contributed by atoms with van der Waals surface area (Å²) in [6.45, 7) is 0.529. The molecule has 3 aromatic rings. The molecule has 4 rings (SSSR count). The zero-order chi connectivity index (χ0) is 25.1. The second kappa shape index (κ2) is 10.4. The van der Waals surface area contributed by atoms with Crippen molar-refractivity contribution in [3.63, 3.8) is 0 Å². The van der Waals surface area contributed by atoms with Gasteiger partial charge < -0.3 is 9.30 Å². The van der Waals surface area contributed by atoms with E-state index in [9.17, 15) is 21.6 Å². The maximum Gasteiger partial charge on any atom is 0.422 e. The number of alkyl halides is 3. The van der Waals surface area contributed by atoms with Crippen LogP contribution in [0.1, 0.15) is 44.2 Å². The summed E-state index contributed by atoms with van der Waals surface area (Å²) in [4.78, 5) is 0.236. The number of benzene rings is 2. The molecule has 35 heavy (non-hydrogen) atoms. The Morgan fingerprint density at radius 1 is 1.06 bits per heavy atom. The largest absolute Gasteiger partial charge is 0.484 e. The number of nitrogens with zero attached hydrogens (tertiary/aromatic N) is 3. The van der Waals surface area contributed by atoms with Crippen molar-refractivity contribution in [2.24, 2.45) is 0 Å². The van der Waals surface area contributed by atoms with E-state index in [1.807, 2.05) is 11.5 Å². The zero-order valence-corrected chi connectivity index (χ0v) is 20.0. The first kappa shape index (κ1) is 25.2. The number of aryl methyl sites for hydroxylation is 1. The minimum atomic E-state index is -4.40. The number of hydrogen-bond donors (Lipinski definition) is 1. The normalized spacial score (nSPS) is 19.0. The molecule has 11 heteroatoms. The van der Waals surface area contributed by atoms with Crippen molar-refractivity contribution >= 4 is 10.0 Å². The van der Waals surface area contributed by atoms with E-state index in [1.165, 1.54) is 12.1 Å². The molecule has 2 unspecified atom stereocenters. The van der Waals surface area contributed by atoms with Gasteiger partial charge in [0, 0.05) is 12.1 Å². The molecular formula is C24H27F3N4O3S. The third kappa shape index (κ3) is 6.40. The molecule has 7 nitrogen and oxygen atoms in total. The number of aromatic nitrogens is 3. The number of rotatable bonds is 8. The van der Waals surface area contributed by atoms with Crippen molar-refractivity contribution in [2.45, 2.75) is 62.2 Å². The van der Waals surface area contributed by atoms with Crippen molar-refractivity contribution in [3.05, 3.63) is 60.7 Å². The molecule has 2 aromatic carbocycles. The monoisotopic (exact) mass is 508 g/mol. The quantitative estimate of drug-likeness (QED) is 0.467. The topological polar surface area (TPSA) is 86.1 Å². The molecule has 0 aliphatic heterocycles. The van der Waals surface area contributed by atoms with Gasteiger partial charge in [-0.05, 0) is 73.1 Å². The Hall–Kier alpha value is -2.92. The van der Waals surface area contributed by atoms with E-state index in [-0.39, 0.29) is 22.7 Å². The highest BCUT2D eigenvalue weighted by Gasteiger charge is 2.29. The standard InChI is InChI=1S/C24H27F3N4O3S/c1-2-17-12-19(18-6-9-22(10-7-18)34-14-24(25,26)27)8-11-23(17)35(32,33)30-20-4-3-5-21(13-20)31-15-28-29-16-31/h6-12,15-16,20-21,30H,2-5,13-14H2,1H3. The predicted octanol–water partition coefficient (Wildman–Crippen LogP) is 4.91. The SMILES string of the molecule is CCc1cc(-c2ccc(OCC(F)(F)F)cc2)ccc1S(=O)(=O)NC1CCCC(n2cnnc2)C1. The summed E-state index contributed by atoms with van der Waals surface area (Å²) < 4.78 is 73.1. The Labute approximate surface area is 202 Å². The molecule has 188 valence electrons. The Balaban J connectivity index is 1.48. The maximum atomic E-state index is 13.3. The van der Waals surface area contributed by atoms with Crippen LogP contribution in [0, 0.1) is 0 Å². The molecule has 2 atom stereocenters. The van der Waals surface area contributed by atoms with Crippen molar-refractivity contribution in [2.75, 3.05) is 6.61 Å². The Kier molecular flexibility index (Phi) is 7.46.